The number of nitrogens with one attached hydrogen (secondary N) is 2. The first-order chi connectivity index (χ1) is 12.1. The quantitative estimate of drug-likeness (QED) is 0.724. The van der Waals surface area contributed by atoms with E-state index in [-0.39, 0.29) is 16.9 Å². The number of nitrogens with zero attached hydrogens (tertiary/aromatic N) is 2. The average Bonchev–Trinajstić information content (AvgIpc) is 3.11. The van der Waals surface area contributed by atoms with Crippen LogP contribution in [0.1, 0.15) is 52.8 Å². The summed E-state index contributed by atoms with van der Waals surface area (Å²) in [6, 6.07) is 10.0. The summed E-state index contributed by atoms with van der Waals surface area (Å²) in [6.45, 7) is 12.6. The molecule has 26 heavy (non-hydrogen) atoms. The van der Waals surface area contributed by atoms with Gasteiger partial charge in [-0.05, 0) is 32.4 Å². The number of fused-ring (bicyclic) bond motifs is 1. The molecule has 0 saturated heterocycles. The van der Waals surface area contributed by atoms with Crippen LogP contribution in [-0.2, 0) is 22.2 Å². The van der Waals surface area contributed by atoms with Gasteiger partial charge in [-0.15, -0.1) is 0 Å². The lowest BCUT2D eigenvalue weighted by molar-refractivity contribution is -0.115. The van der Waals surface area contributed by atoms with E-state index in [4.69, 9.17) is 5.10 Å². The van der Waals surface area contributed by atoms with Crippen LogP contribution in [0.2, 0.25) is 0 Å². The van der Waals surface area contributed by atoms with Gasteiger partial charge in [0.25, 0.3) is 0 Å². The largest absolute Gasteiger partial charge is 0.361 e. The predicted molar refractivity (Wildman–Crippen MR) is 107 cm³/mol. The Labute approximate surface area is 154 Å². The van der Waals surface area contributed by atoms with Crippen molar-refractivity contribution in [3.8, 4) is 0 Å². The second kappa shape index (κ2) is 6.31. The number of hydrogen-bond acceptors (Lipinski definition) is 2. The number of amides is 1. The summed E-state index contributed by atoms with van der Waals surface area (Å²) in [5.74, 6) is 0.702. The van der Waals surface area contributed by atoms with Crippen LogP contribution in [-0.4, -0.2) is 20.7 Å². The number of H-pyrrole nitrogens is 1. The maximum Gasteiger partial charge on any atom is 0.230 e. The van der Waals surface area contributed by atoms with Gasteiger partial charge in [0.15, 0.2) is 0 Å². The Hall–Kier alpha value is -2.56. The summed E-state index contributed by atoms with van der Waals surface area (Å²) in [6.07, 6.45) is 2.23. The molecule has 0 aliphatic carbocycles. The van der Waals surface area contributed by atoms with Gasteiger partial charge in [-0.25, -0.2) is 4.68 Å². The first-order valence-corrected chi connectivity index (χ1v) is 9.01. The first-order valence-electron chi connectivity index (χ1n) is 9.01. The van der Waals surface area contributed by atoms with Crippen molar-refractivity contribution >= 4 is 22.6 Å². The molecule has 0 unspecified atom stereocenters. The van der Waals surface area contributed by atoms with Gasteiger partial charge in [-0.3, -0.25) is 4.79 Å². The second-order valence-electron chi connectivity index (χ2n) is 8.83. The van der Waals surface area contributed by atoms with Crippen molar-refractivity contribution in [2.75, 3.05) is 5.32 Å². The highest BCUT2D eigenvalue weighted by atomic mass is 16.1. The summed E-state index contributed by atoms with van der Waals surface area (Å²) in [7, 11) is 0. The molecule has 1 aromatic carbocycles. The fourth-order valence-corrected chi connectivity index (χ4v) is 2.99. The Bertz CT molecular complexity index is 935. The molecule has 0 spiro atoms. The van der Waals surface area contributed by atoms with Gasteiger partial charge < -0.3 is 10.3 Å². The molecule has 0 aliphatic rings. The molecule has 3 rings (SSSR count). The number of hydrogen-bond donors (Lipinski definition) is 2. The standard InChI is InChI=1S/C21H28N4O/c1-20(2,3)17-12-18(25(24-17)21(4,5)6)23-19(26)11-14-13-22-16-10-8-7-9-15(14)16/h7-10,12-13,22H,11H2,1-6H3,(H,23,26). The zero-order chi connectivity index (χ0) is 19.1. The van der Waals surface area contributed by atoms with E-state index in [1.807, 2.05) is 41.2 Å². The molecular weight excluding hydrogens is 324 g/mol. The fourth-order valence-electron chi connectivity index (χ4n) is 2.99. The van der Waals surface area contributed by atoms with Crippen LogP contribution in [0, 0.1) is 0 Å². The molecule has 2 aromatic heterocycles. The van der Waals surface area contributed by atoms with Crippen LogP contribution >= 0.6 is 0 Å². The molecule has 2 N–H and O–H groups in total. The molecular formula is C21H28N4O. The summed E-state index contributed by atoms with van der Waals surface area (Å²) in [5, 5.41) is 8.89. The van der Waals surface area contributed by atoms with Gasteiger partial charge in [0.2, 0.25) is 5.91 Å². The summed E-state index contributed by atoms with van der Waals surface area (Å²) in [4.78, 5) is 15.9. The number of benzene rings is 1. The number of anilines is 1. The van der Waals surface area contributed by atoms with E-state index < -0.39 is 0 Å². The monoisotopic (exact) mass is 352 g/mol. The van der Waals surface area contributed by atoms with E-state index in [9.17, 15) is 4.79 Å². The molecule has 138 valence electrons. The minimum atomic E-state index is -0.215. The second-order valence-corrected chi connectivity index (χ2v) is 8.83. The van der Waals surface area contributed by atoms with Gasteiger partial charge in [0.05, 0.1) is 17.7 Å². The smallest absolute Gasteiger partial charge is 0.230 e. The van der Waals surface area contributed by atoms with E-state index >= 15 is 0 Å². The van der Waals surface area contributed by atoms with E-state index in [1.165, 1.54) is 0 Å². The molecule has 2 heterocycles. The molecule has 5 nitrogen and oxygen atoms in total. The van der Waals surface area contributed by atoms with Gasteiger partial charge in [-0.1, -0.05) is 39.0 Å². The third-order valence-electron chi connectivity index (χ3n) is 4.41. The maximum absolute atomic E-state index is 12.7. The number of rotatable bonds is 3. The zero-order valence-electron chi connectivity index (χ0n) is 16.5. The van der Waals surface area contributed by atoms with Crippen LogP contribution in [0.3, 0.4) is 0 Å². The zero-order valence-corrected chi connectivity index (χ0v) is 16.5. The van der Waals surface area contributed by atoms with Crippen LogP contribution in [0.4, 0.5) is 5.82 Å². The Balaban J connectivity index is 1.86. The van der Waals surface area contributed by atoms with Crippen molar-refractivity contribution < 1.29 is 4.79 Å². The lowest BCUT2D eigenvalue weighted by Gasteiger charge is -2.23. The topological polar surface area (TPSA) is 62.7 Å². The summed E-state index contributed by atoms with van der Waals surface area (Å²) >= 11 is 0. The molecule has 0 fully saturated rings. The normalized spacial score (nSPS) is 12.5. The van der Waals surface area contributed by atoms with Crippen LogP contribution < -0.4 is 5.32 Å². The van der Waals surface area contributed by atoms with Crippen LogP contribution in [0.15, 0.2) is 36.5 Å². The average molecular weight is 352 g/mol. The lowest BCUT2D eigenvalue weighted by Crippen LogP contribution is -2.27. The van der Waals surface area contributed by atoms with Crippen molar-refractivity contribution in [1.82, 2.24) is 14.8 Å². The first kappa shape index (κ1) is 18.2. The van der Waals surface area contributed by atoms with E-state index in [2.05, 4.69) is 51.8 Å². The Morgan fingerprint density at radius 1 is 1.15 bits per heavy atom. The number of para-hydroxylation sites is 1. The molecule has 3 aromatic rings. The van der Waals surface area contributed by atoms with Gasteiger partial charge in [-0.2, -0.15) is 5.10 Å². The third-order valence-corrected chi connectivity index (χ3v) is 4.41. The Morgan fingerprint density at radius 3 is 2.50 bits per heavy atom. The maximum atomic E-state index is 12.7. The van der Waals surface area contributed by atoms with Crippen molar-refractivity contribution in [3.63, 3.8) is 0 Å². The van der Waals surface area contributed by atoms with Gasteiger partial charge >= 0.3 is 0 Å². The minimum Gasteiger partial charge on any atom is -0.361 e. The highest BCUT2D eigenvalue weighted by Crippen LogP contribution is 2.28. The van der Waals surface area contributed by atoms with Crippen LogP contribution in [0.5, 0.6) is 0 Å². The predicted octanol–water partition coefficient (Wildman–Crippen LogP) is 4.60. The van der Waals surface area contributed by atoms with Gasteiger partial charge in [0, 0.05) is 28.6 Å². The van der Waals surface area contributed by atoms with Gasteiger partial charge in [0.1, 0.15) is 5.82 Å². The van der Waals surface area contributed by atoms with Crippen molar-refractivity contribution in [2.45, 2.75) is 58.9 Å². The van der Waals surface area contributed by atoms with Crippen molar-refractivity contribution in [1.29, 1.82) is 0 Å². The van der Waals surface area contributed by atoms with E-state index in [1.54, 1.807) is 0 Å². The number of aromatic nitrogens is 3. The van der Waals surface area contributed by atoms with E-state index in [0.29, 0.717) is 6.42 Å². The molecule has 5 heteroatoms. The molecule has 0 atom stereocenters. The SMILES string of the molecule is CC(C)(C)c1cc(NC(=O)Cc2c[nH]c3ccccc23)n(C(C)(C)C)n1. The van der Waals surface area contributed by atoms with Crippen molar-refractivity contribution in [3.05, 3.63) is 47.8 Å². The van der Waals surface area contributed by atoms with E-state index in [0.717, 1.165) is 28.0 Å². The van der Waals surface area contributed by atoms with Crippen LogP contribution in [0.25, 0.3) is 10.9 Å². The number of aromatic amines is 1. The summed E-state index contributed by atoms with van der Waals surface area (Å²) < 4.78 is 1.90. The summed E-state index contributed by atoms with van der Waals surface area (Å²) in [5.41, 5.74) is 2.72. The molecule has 0 bridgehead atoms. The highest BCUT2D eigenvalue weighted by Gasteiger charge is 2.25. The molecule has 0 aliphatic heterocycles. The Morgan fingerprint density at radius 2 is 1.85 bits per heavy atom. The Kier molecular flexibility index (Phi) is 4.42. The minimum absolute atomic E-state index is 0.0411. The molecule has 0 saturated carbocycles. The fraction of sp³-hybridized carbons (Fsp3) is 0.429. The molecule has 1 amide bonds. The third kappa shape index (κ3) is 3.66. The number of carbonyl (C=O) groups is 1. The highest BCUT2D eigenvalue weighted by molar-refractivity contribution is 5.95. The lowest BCUT2D eigenvalue weighted by atomic mass is 9.92. The molecule has 0 radical (unpaired) electrons. The van der Waals surface area contributed by atoms with Crippen molar-refractivity contribution in [2.24, 2.45) is 0 Å². The number of carbonyl (C=O) groups excluding carboxylic acids is 1.